The van der Waals surface area contributed by atoms with Gasteiger partial charge in [0.15, 0.2) is 0 Å². The van der Waals surface area contributed by atoms with Crippen LogP contribution in [-0.2, 0) is 28.5 Å². The minimum absolute atomic E-state index is 0.0779. The minimum atomic E-state index is -4.45. The van der Waals surface area contributed by atoms with E-state index in [-0.39, 0.29) is 12.1 Å². The van der Waals surface area contributed by atoms with Crippen LogP contribution in [0.15, 0.2) is 30.3 Å². The summed E-state index contributed by atoms with van der Waals surface area (Å²) in [7, 11) is -3.75. The van der Waals surface area contributed by atoms with E-state index < -0.39 is 27.5 Å². The number of nitrogens with zero attached hydrogens (tertiary/aromatic N) is 3. The summed E-state index contributed by atoms with van der Waals surface area (Å²) < 4.78 is 64.8. The third kappa shape index (κ3) is 5.41. The van der Waals surface area contributed by atoms with E-state index in [9.17, 15) is 21.6 Å². The molecule has 0 saturated carbocycles. The van der Waals surface area contributed by atoms with Gasteiger partial charge >= 0.3 is 6.18 Å². The van der Waals surface area contributed by atoms with E-state index in [4.69, 9.17) is 0 Å². The lowest BCUT2D eigenvalue weighted by Crippen LogP contribution is -2.27. The highest BCUT2D eigenvalue weighted by molar-refractivity contribution is 7.88. The lowest BCUT2D eigenvalue weighted by molar-refractivity contribution is -0.137. The molecule has 2 aromatic rings. The quantitative estimate of drug-likeness (QED) is 0.787. The second kappa shape index (κ2) is 8.04. The zero-order valence-corrected chi connectivity index (χ0v) is 16.1. The molecule has 1 aliphatic heterocycles. The van der Waals surface area contributed by atoms with Crippen molar-refractivity contribution < 1.29 is 21.6 Å². The standard InChI is InChI=1S/C18H21F3N4O2S/c1-13-10-17(25-8-2-3-9-25)24-16(23-13)11-22-28(26,27)12-14-4-6-15(7-5-14)18(19,20)21/h4-7,10,22H,2-3,8-9,11-12H2,1H3. The summed E-state index contributed by atoms with van der Waals surface area (Å²) in [5.74, 6) is 0.718. The number of sulfonamides is 1. The maximum Gasteiger partial charge on any atom is 0.416 e. The highest BCUT2D eigenvalue weighted by atomic mass is 32.2. The Bertz CT molecular complexity index is 925. The Balaban J connectivity index is 1.65. The fourth-order valence-corrected chi connectivity index (χ4v) is 4.12. The van der Waals surface area contributed by atoms with Crippen molar-refractivity contribution in [2.45, 2.75) is 38.2 Å². The molecule has 2 heterocycles. The molecule has 1 N–H and O–H groups in total. The minimum Gasteiger partial charge on any atom is -0.357 e. The molecule has 0 bridgehead atoms. The maximum atomic E-state index is 12.6. The van der Waals surface area contributed by atoms with Gasteiger partial charge in [0, 0.05) is 24.8 Å². The number of alkyl halides is 3. The van der Waals surface area contributed by atoms with Gasteiger partial charge in [0.2, 0.25) is 10.0 Å². The van der Waals surface area contributed by atoms with E-state index in [0.717, 1.165) is 61.7 Å². The number of hydrogen-bond acceptors (Lipinski definition) is 5. The van der Waals surface area contributed by atoms with Gasteiger partial charge in [0.05, 0.1) is 17.9 Å². The molecule has 0 radical (unpaired) electrons. The van der Waals surface area contributed by atoms with E-state index >= 15 is 0 Å². The molecule has 1 fully saturated rings. The summed E-state index contributed by atoms with van der Waals surface area (Å²) in [6.45, 7) is 3.57. The van der Waals surface area contributed by atoms with Crippen LogP contribution >= 0.6 is 0 Å². The van der Waals surface area contributed by atoms with Gasteiger partial charge in [-0.2, -0.15) is 13.2 Å². The third-order valence-corrected chi connectivity index (χ3v) is 5.70. The molecular weight excluding hydrogens is 393 g/mol. The fourth-order valence-electron chi connectivity index (χ4n) is 3.03. The summed E-state index contributed by atoms with van der Waals surface area (Å²) >= 11 is 0. The molecule has 0 amide bonds. The van der Waals surface area contributed by atoms with Gasteiger partial charge in [-0.3, -0.25) is 0 Å². The van der Waals surface area contributed by atoms with Gasteiger partial charge in [0.1, 0.15) is 11.6 Å². The average molecular weight is 414 g/mol. The largest absolute Gasteiger partial charge is 0.416 e. The van der Waals surface area contributed by atoms with E-state index in [1.807, 2.05) is 13.0 Å². The number of halogens is 3. The molecule has 28 heavy (non-hydrogen) atoms. The van der Waals surface area contributed by atoms with Crippen LogP contribution in [0.3, 0.4) is 0 Å². The Morgan fingerprint density at radius 2 is 1.75 bits per heavy atom. The molecule has 0 aliphatic carbocycles. The molecule has 0 atom stereocenters. The molecule has 1 aromatic carbocycles. The van der Waals surface area contributed by atoms with Crippen molar-refractivity contribution in [1.82, 2.24) is 14.7 Å². The Kier molecular flexibility index (Phi) is 5.90. The van der Waals surface area contributed by atoms with Gasteiger partial charge in [-0.25, -0.2) is 23.1 Å². The highest BCUT2D eigenvalue weighted by Gasteiger charge is 2.30. The van der Waals surface area contributed by atoms with Crippen LogP contribution in [-0.4, -0.2) is 31.5 Å². The normalized spacial score (nSPS) is 15.2. The van der Waals surface area contributed by atoms with E-state index in [0.29, 0.717) is 5.82 Å². The SMILES string of the molecule is Cc1cc(N2CCCC2)nc(CNS(=O)(=O)Cc2ccc(C(F)(F)F)cc2)n1. The summed E-state index contributed by atoms with van der Waals surface area (Å²) in [4.78, 5) is 10.8. The topological polar surface area (TPSA) is 75.2 Å². The van der Waals surface area contributed by atoms with Crippen molar-refractivity contribution >= 4 is 15.8 Å². The lowest BCUT2D eigenvalue weighted by atomic mass is 10.1. The first-order valence-corrected chi connectivity index (χ1v) is 10.5. The van der Waals surface area contributed by atoms with Gasteiger partial charge in [-0.1, -0.05) is 12.1 Å². The fraction of sp³-hybridized carbons (Fsp3) is 0.444. The Labute approximate surface area is 161 Å². The van der Waals surface area contributed by atoms with Gasteiger partial charge < -0.3 is 4.90 Å². The molecule has 1 saturated heterocycles. The molecule has 152 valence electrons. The van der Waals surface area contributed by atoms with Crippen LogP contribution in [0.2, 0.25) is 0 Å². The van der Waals surface area contributed by atoms with Crippen molar-refractivity contribution in [3.63, 3.8) is 0 Å². The summed E-state index contributed by atoms with van der Waals surface area (Å²) in [5, 5.41) is 0. The van der Waals surface area contributed by atoms with Gasteiger partial charge in [-0.05, 0) is 37.5 Å². The second-order valence-corrected chi connectivity index (χ2v) is 8.56. The van der Waals surface area contributed by atoms with Crippen molar-refractivity contribution in [3.05, 3.63) is 53.0 Å². The first kappa shape index (κ1) is 20.5. The maximum absolute atomic E-state index is 12.6. The molecule has 10 heteroatoms. The van der Waals surface area contributed by atoms with Gasteiger partial charge in [-0.15, -0.1) is 0 Å². The number of hydrogen-bond donors (Lipinski definition) is 1. The molecule has 6 nitrogen and oxygen atoms in total. The molecular formula is C18H21F3N4O2S. The van der Waals surface area contributed by atoms with Crippen molar-refractivity contribution in [1.29, 1.82) is 0 Å². The number of nitrogens with one attached hydrogen (secondary N) is 1. The smallest absolute Gasteiger partial charge is 0.357 e. The number of anilines is 1. The summed E-state index contributed by atoms with van der Waals surface area (Å²) in [6, 6.07) is 5.94. The number of aromatic nitrogens is 2. The Hall–Kier alpha value is -2.20. The second-order valence-electron chi connectivity index (χ2n) is 6.75. The van der Waals surface area contributed by atoms with Crippen LogP contribution in [0.25, 0.3) is 0 Å². The Morgan fingerprint density at radius 1 is 1.11 bits per heavy atom. The summed E-state index contributed by atoms with van der Waals surface area (Å²) in [6.07, 6.45) is -2.26. The predicted molar refractivity (Wildman–Crippen MR) is 99.1 cm³/mol. The zero-order valence-electron chi connectivity index (χ0n) is 15.3. The highest BCUT2D eigenvalue weighted by Crippen LogP contribution is 2.29. The average Bonchev–Trinajstić information content (AvgIpc) is 3.14. The van der Waals surface area contributed by atoms with E-state index in [1.54, 1.807) is 0 Å². The van der Waals surface area contributed by atoms with Crippen LogP contribution in [0.5, 0.6) is 0 Å². The molecule has 0 spiro atoms. The van der Waals surface area contributed by atoms with Crippen molar-refractivity contribution in [3.8, 4) is 0 Å². The van der Waals surface area contributed by atoms with E-state index in [2.05, 4.69) is 19.6 Å². The van der Waals surface area contributed by atoms with Crippen LogP contribution in [0, 0.1) is 6.92 Å². The molecule has 1 aromatic heterocycles. The Morgan fingerprint density at radius 3 is 2.36 bits per heavy atom. The number of benzene rings is 1. The van der Waals surface area contributed by atoms with E-state index in [1.165, 1.54) is 0 Å². The third-order valence-electron chi connectivity index (χ3n) is 4.41. The molecule has 1 aliphatic rings. The molecule has 0 unspecified atom stereocenters. The number of aryl methyl sites for hydroxylation is 1. The zero-order chi connectivity index (χ0) is 20.4. The van der Waals surface area contributed by atoms with Crippen molar-refractivity contribution in [2.75, 3.05) is 18.0 Å². The summed E-state index contributed by atoms with van der Waals surface area (Å²) in [5.41, 5.74) is 0.196. The lowest BCUT2D eigenvalue weighted by Gasteiger charge is -2.17. The van der Waals surface area contributed by atoms with Crippen LogP contribution in [0.4, 0.5) is 19.0 Å². The molecule has 3 rings (SSSR count). The first-order chi connectivity index (χ1) is 13.1. The van der Waals surface area contributed by atoms with Crippen LogP contribution < -0.4 is 9.62 Å². The number of rotatable bonds is 6. The van der Waals surface area contributed by atoms with Crippen molar-refractivity contribution in [2.24, 2.45) is 0 Å². The van der Waals surface area contributed by atoms with Gasteiger partial charge in [0.25, 0.3) is 0 Å². The predicted octanol–water partition coefficient (Wildman–Crippen LogP) is 3.02. The monoisotopic (exact) mass is 414 g/mol. The first-order valence-electron chi connectivity index (χ1n) is 8.85. The van der Waals surface area contributed by atoms with Crippen LogP contribution in [0.1, 0.15) is 35.5 Å².